The van der Waals surface area contributed by atoms with E-state index in [2.05, 4.69) is 20.7 Å². The van der Waals surface area contributed by atoms with Crippen molar-refractivity contribution in [1.82, 2.24) is 20.7 Å². The zero-order chi connectivity index (χ0) is 11.4. The van der Waals surface area contributed by atoms with Crippen molar-refractivity contribution >= 4 is 5.91 Å². The molecule has 1 aromatic heterocycles. The summed E-state index contributed by atoms with van der Waals surface area (Å²) in [5, 5.41) is 22.1. The van der Waals surface area contributed by atoms with Crippen molar-refractivity contribution in [1.29, 1.82) is 0 Å². The minimum absolute atomic E-state index is 0.00343. The lowest BCUT2D eigenvalue weighted by molar-refractivity contribution is -0.125. The van der Waals surface area contributed by atoms with Gasteiger partial charge in [-0.1, -0.05) is 0 Å². The summed E-state index contributed by atoms with van der Waals surface area (Å²) in [6.45, 7) is 0.649. The second-order valence-electron chi connectivity index (χ2n) is 4.02. The molecular weight excluding hydrogens is 208 g/mol. The SMILES string of the molecule is O=C(NCCCO)C1CCc2n[nH]nc2C1. The predicted molar refractivity (Wildman–Crippen MR) is 56.6 cm³/mol. The molecule has 0 fully saturated rings. The molecule has 0 bridgehead atoms. The van der Waals surface area contributed by atoms with Crippen molar-refractivity contribution in [2.24, 2.45) is 5.92 Å². The van der Waals surface area contributed by atoms with Crippen molar-refractivity contribution in [2.75, 3.05) is 13.2 Å². The van der Waals surface area contributed by atoms with Crippen LogP contribution in [0, 0.1) is 5.92 Å². The fourth-order valence-electron chi connectivity index (χ4n) is 1.94. The summed E-state index contributed by atoms with van der Waals surface area (Å²) in [6, 6.07) is 0. The third kappa shape index (κ3) is 2.38. The van der Waals surface area contributed by atoms with Crippen molar-refractivity contribution in [3.05, 3.63) is 11.4 Å². The van der Waals surface area contributed by atoms with Gasteiger partial charge in [-0.15, -0.1) is 0 Å². The number of aromatic amines is 1. The molecule has 0 radical (unpaired) electrons. The first-order chi connectivity index (χ1) is 7.81. The number of hydrogen-bond donors (Lipinski definition) is 3. The standard InChI is InChI=1S/C10H16N4O2/c15-5-1-4-11-10(16)7-2-3-8-9(6-7)13-14-12-8/h7,15H,1-6H2,(H,11,16)(H,12,13,14). The van der Waals surface area contributed by atoms with E-state index in [0.717, 1.165) is 24.2 Å². The predicted octanol–water partition coefficient (Wildman–Crippen LogP) is -0.592. The van der Waals surface area contributed by atoms with Gasteiger partial charge < -0.3 is 10.4 Å². The largest absolute Gasteiger partial charge is 0.396 e. The second-order valence-corrected chi connectivity index (χ2v) is 4.02. The Morgan fingerprint density at radius 3 is 3.12 bits per heavy atom. The van der Waals surface area contributed by atoms with E-state index in [4.69, 9.17) is 5.11 Å². The lowest BCUT2D eigenvalue weighted by Crippen LogP contribution is -2.34. The topological polar surface area (TPSA) is 90.9 Å². The molecular formula is C10H16N4O2. The number of hydrogen-bond acceptors (Lipinski definition) is 4. The van der Waals surface area contributed by atoms with Crippen LogP contribution in [0.25, 0.3) is 0 Å². The Morgan fingerprint density at radius 2 is 2.31 bits per heavy atom. The molecule has 6 heteroatoms. The maximum absolute atomic E-state index is 11.8. The Morgan fingerprint density at radius 1 is 1.50 bits per heavy atom. The lowest BCUT2D eigenvalue weighted by Gasteiger charge is -2.19. The first kappa shape index (κ1) is 11.1. The van der Waals surface area contributed by atoms with Gasteiger partial charge in [0.25, 0.3) is 0 Å². The van der Waals surface area contributed by atoms with Gasteiger partial charge in [0.2, 0.25) is 5.91 Å². The first-order valence-corrected chi connectivity index (χ1v) is 5.58. The zero-order valence-corrected chi connectivity index (χ0v) is 9.07. The molecule has 2 rings (SSSR count). The molecule has 0 saturated heterocycles. The van der Waals surface area contributed by atoms with Crippen LogP contribution in [0.1, 0.15) is 24.2 Å². The molecule has 1 aromatic rings. The van der Waals surface area contributed by atoms with Crippen LogP contribution in [0.15, 0.2) is 0 Å². The number of fused-ring (bicyclic) bond motifs is 1. The van der Waals surface area contributed by atoms with Crippen molar-refractivity contribution < 1.29 is 9.90 Å². The number of amides is 1. The van der Waals surface area contributed by atoms with Gasteiger partial charge in [-0.05, 0) is 19.3 Å². The number of aromatic nitrogens is 3. The summed E-state index contributed by atoms with van der Waals surface area (Å²) in [4.78, 5) is 11.8. The summed E-state index contributed by atoms with van der Waals surface area (Å²) in [5.41, 5.74) is 1.90. The van der Waals surface area contributed by atoms with Gasteiger partial charge in [0.1, 0.15) is 0 Å². The number of nitrogens with one attached hydrogen (secondary N) is 2. The molecule has 1 atom stereocenters. The third-order valence-corrected chi connectivity index (χ3v) is 2.88. The maximum atomic E-state index is 11.8. The Labute approximate surface area is 93.4 Å². The Bertz CT molecular complexity index is 363. The van der Waals surface area contributed by atoms with Crippen LogP contribution in [-0.2, 0) is 17.6 Å². The van der Waals surface area contributed by atoms with Crippen LogP contribution >= 0.6 is 0 Å². The van der Waals surface area contributed by atoms with E-state index in [9.17, 15) is 4.79 Å². The average molecular weight is 224 g/mol. The van der Waals surface area contributed by atoms with Crippen molar-refractivity contribution in [3.8, 4) is 0 Å². The van der Waals surface area contributed by atoms with E-state index in [-0.39, 0.29) is 18.4 Å². The lowest BCUT2D eigenvalue weighted by atomic mass is 9.89. The number of nitrogens with zero attached hydrogens (tertiary/aromatic N) is 2. The van der Waals surface area contributed by atoms with Gasteiger partial charge in [0, 0.05) is 25.5 Å². The molecule has 0 spiro atoms. The maximum Gasteiger partial charge on any atom is 0.223 e. The van der Waals surface area contributed by atoms with E-state index in [1.807, 2.05) is 0 Å². The molecule has 1 aliphatic carbocycles. The number of rotatable bonds is 4. The summed E-state index contributed by atoms with van der Waals surface area (Å²) in [7, 11) is 0. The van der Waals surface area contributed by atoms with Crippen LogP contribution in [0.3, 0.4) is 0 Å². The highest BCUT2D eigenvalue weighted by molar-refractivity contribution is 5.79. The molecule has 0 saturated carbocycles. The molecule has 0 aromatic carbocycles. The Kier molecular flexibility index (Phi) is 3.51. The number of H-pyrrole nitrogens is 1. The first-order valence-electron chi connectivity index (χ1n) is 5.58. The molecule has 16 heavy (non-hydrogen) atoms. The summed E-state index contributed by atoms with van der Waals surface area (Å²) in [5.74, 6) is 0.0541. The smallest absolute Gasteiger partial charge is 0.223 e. The number of aryl methyl sites for hydroxylation is 1. The van der Waals surface area contributed by atoms with Gasteiger partial charge in [0.05, 0.1) is 11.4 Å². The van der Waals surface area contributed by atoms with E-state index in [1.54, 1.807) is 0 Å². The highest BCUT2D eigenvalue weighted by Gasteiger charge is 2.26. The summed E-state index contributed by atoms with van der Waals surface area (Å²) >= 11 is 0. The summed E-state index contributed by atoms with van der Waals surface area (Å²) in [6.07, 6.45) is 2.90. The van der Waals surface area contributed by atoms with E-state index >= 15 is 0 Å². The van der Waals surface area contributed by atoms with Crippen LogP contribution in [0.2, 0.25) is 0 Å². The Hall–Kier alpha value is -1.43. The normalized spacial score (nSPS) is 19.2. The third-order valence-electron chi connectivity index (χ3n) is 2.88. The van der Waals surface area contributed by atoms with Crippen molar-refractivity contribution in [3.63, 3.8) is 0 Å². The highest BCUT2D eigenvalue weighted by atomic mass is 16.3. The molecule has 1 unspecified atom stereocenters. The van der Waals surface area contributed by atoms with Crippen LogP contribution in [0.4, 0.5) is 0 Å². The Balaban J connectivity index is 1.86. The van der Waals surface area contributed by atoms with Crippen molar-refractivity contribution in [2.45, 2.75) is 25.7 Å². The number of carbonyl (C=O) groups excluding carboxylic acids is 1. The number of aliphatic hydroxyl groups is 1. The fraction of sp³-hybridized carbons (Fsp3) is 0.700. The van der Waals surface area contributed by atoms with Crippen LogP contribution in [0.5, 0.6) is 0 Å². The molecule has 1 heterocycles. The van der Waals surface area contributed by atoms with Crippen LogP contribution < -0.4 is 5.32 Å². The van der Waals surface area contributed by atoms with Crippen LogP contribution in [-0.4, -0.2) is 39.6 Å². The van der Waals surface area contributed by atoms with Gasteiger partial charge in [-0.3, -0.25) is 4.79 Å². The molecule has 1 aliphatic rings. The average Bonchev–Trinajstić information content (AvgIpc) is 2.76. The monoisotopic (exact) mass is 224 g/mol. The van der Waals surface area contributed by atoms with Gasteiger partial charge in [-0.2, -0.15) is 15.4 Å². The molecule has 3 N–H and O–H groups in total. The fourth-order valence-corrected chi connectivity index (χ4v) is 1.94. The minimum atomic E-state index is -0.00343. The molecule has 88 valence electrons. The quantitative estimate of drug-likeness (QED) is 0.596. The molecule has 0 aliphatic heterocycles. The second kappa shape index (κ2) is 5.07. The van der Waals surface area contributed by atoms with Gasteiger partial charge >= 0.3 is 0 Å². The summed E-state index contributed by atoms with van der Waals surface area (Å²) < 4.78 is 0. The van der Waals surface area contributed by atoms with Gasteiger partial charge in [-0.25, -0.2) is 0 Å². The van der Waals surface area contributed by atoms with E-state index in [0.29, 0.717) is 19.4 Å². The molecule has 6 nitrogen and oxygen atoms in total. The number of aliphatic hydroxyl groups excluding tert-OH is 1. The van der Waals surface area contributed by atoms with E-state index in [1.165, 1.54) is 0 Å². The molecule has 1 amide bonds. The minimum Gasteiger partial charge on any atom is -0.396 e. The van der Waals surface area contributed by atoms with E-state index < -0.39 is 0 Å². The number of carbonyl (C=O) groups is 1. The zero-order valence-electron chi connectivity index (χ0n) is 9.07. The van der Waals surface area contributed by atoms with Gasteiger partial charge in [0.15, 0.2) is 0 Å². The highest BCUT2D eigenvalue weighted by Crippen LogP contribution is 2.22.